The van der Waals surface area contributed by atoms with E-state index in [0.29, 0.717) is 0 Å². The Labute approximate surface area is 413 Å². The fraction of sp³-hybridized carbons (Fsp3) is 0.950. The molecule has 20 N–H and O–H groups in total. The lowest BCUT2D eigenvalue weighted by molar-refractivity contribution is -0.393. The molecule has 6 aliphatic rings. The molecule has 33 nitrogen and oxygen atoms in total. The second kappa shape index (κ2) is 26.0. The SMILES string of the molecule is CC(=O)N[C@@H]1[C@@H](O)[C@H](O[C@@H]2O[C@H](CO)[C@@H](O[C@@H]3O[C@H](CO)[C@@H](O[C@@H]4O[C@H](CO)[C@@H](O[C@H]5O[C@H](CO)[C@@H](O[C@H]6O[C@H](CO)[C@@H](O)[C@H](O)[C@@H]6O)[C@H](O)[C@@H]5O)[C@H](O)[C@H]4O)[C@H](O)[C@H]3O)[C@H](O)[C@H]2NC(C)=O)[C@@H](CO)O[C@H]1O. The van der Waals surface area contributed by atoms with E-state index < -0.39 is 236 Å². The summed E-state index contributed by atoms with van der Waals surface area (Å²) >= 11 is 0. The first-order chi connectivity index (χ1) is 34.5. The summed E-state index contributed by atoms with van der Waals surface area (Å²) in [5.74, 6) is -1.48. The van der Waals surface area contributed by atoms with Crippen molar-refractivity contribution in [2.24, 2.45) is 0 Å². The third-order valence-electron chi connectivity index (χ3n) is 13.2. The van der Waals surface area contributed by atoms with E-state index in [1.54, 1.807) is 0 Å². The average molecular weight is 1070 g/mol. The Kier molecular flexibility index (Phi) is 21.3. The highest BCUT2D eigenvalue weighted by Gasteiger charge is 2.58. The van der Waals surface area contributed by atoms with Crippen molar-refractivity contribution in [1.29, 1.82) is 0 Å². The normalized spacial score (nSPS) is 49.8. The molecule has 0 aromatic carbocycles. The highest BCUT2D eigenvalue weighted by molar-refractivity contribution is 5.73. The lowest BCUT2D eigenvalue weighted by Gasteiger charge is -2.50. The number of aliphatic hydroxyl groups excluding tert-OH is 18. The summed E-state index contributed by atoms with van der Waals surface area (Å²) in [6.07, 6.45) is -52.3. The minimum Gasteiger partial charge on any atom is -0.394 e. The molecule has 6 aliphatic heterocycles. The van der Waals surface area contributed by atoms with Crippen LogP contribution in [0.1, 0.15) is 13.8 Å². The van der Waals surface area contributed by atoms with Crippen LogP contribution in [0.4, 0.5) is 0 Å². The van der Waals surface area contributed by atoms with E-state index in [1.807, 2.05) is 0 Å². The van der Waals surface area contributed by atoms with Gasteiger partial charge in [0.2, 0.25) is 11.8 Å². The number of aliphatic hydroxyl groups is 18. The van der Waals surface area contributed by atoms with Crippen molar-refractivity contribution >= 4 is 11.8 Å². The molecule has 6 rings (SSSR count). The number of carbonyl (C=O) groups is 2. The molecule has 0 bridgehead atoms. The molecule has 73 heavy (non-hydrogen) atoms. The number of ether oxygens (including phenoxy) is 11. The number of hydrogen-bond donors (Lipinski definition) is 20. The Morgan fingerprint density at radius 3 is 0.932 bits per heavy atom. The highest BCUT2D eigenvalue weighted by atomic mass is 16.8. The first kappa shape index (κ1) is 60.0. The van der Waals surface area contributed by atoms with Crippen molar-refractivity contribution in [1.82, 2.24) is 10.6 Å². The summed E-state index contributed by atoms with van der Waals surface area (Å²) in [7, 11) is 0. The van der Waals surface area contributed by atoms with Crippen LogP contribution >= 0.6 is 0 Å². The van der Waals surface area contributed by atoms with E-state index in [4.69, 9.17) is 52.1 Å². The van der Waals surface area contributed by atoms with E-state index in [-0.39, 0.29) is 0 Å². The fourth-order valence-corrected chi connectivity index (χ4v) is 9.33. The molecule has 0 aromatic heterocycles. The van der Waals surface area contributed by atoms with Crippen LogP contribution in [0.2, 0.25) is 0 Å². The van der Waals surface area contributed by atoms with Gasteiger partial charge in [-0.3, -0.25) is 9.59 Å². The van der Waals surface area contributed by atoms with Crippen molar-refractivity contribution in [2.75, 3.05) is 39.6 Å². The number of carbonyl (C=O) groups excluding carboxylic acids is 2. The van der Waals surface area contributed by atoms with Gasteiger partial charge in [0, 0.05) is 13.8 Å². The maximum atomic E-state index is 12.4. The average Bonchev–Trinajstić information content (AvgIpc) is 3.36. The summed E-state index contributed by atoms with van der Waals surface area (Å²) in [5, 5.41) is 196. The van der Waals surface area contributed by atoms with E-state index >= 15 is 0 Å². The molecule has 33 heteroatoms. The minimum absolute atomic E-state index is 0.694. The van der Waals surface area contributed by atoms with Crippen molar-refractivity contribution in [3.8, 4) is 0 Å². The van der Waals surface area contributed by atoms with E-state index in [9.17, 15) is 102 Å². The molecule has 0 radical (unpaired) electrons. The van der Waals surface area contributed by atoms with Crippen molar-refractivity contribution in [3.63, 3.8) is 0 Å². The third kappa shape index (κ3) is 12.9. The molecule has 2 amide bonds. The molecule has 0 saturated carbocycles. The van der Waals surface area contributed by atoms with E-state index in [1.165, 1.54) is 0 Å². The van der Waals surface area contributed by atoms with Crippen LogP contribution < -0.4 is 10.6 Å². The molecular weight excluding hydrogens is 1000 g/mol. The molecule has 0 aromatic rings. The van der Waals surface area contributed by atoms with Crippen molar-refractivity contribution in [3.05, 3.63) is 0 Å². The summed E-state index contributed by atoms with van der Waals surface area (Å²) < 4.78 is 61.9. The second-order valence-electron chi connectivity index (χ2n) is 18.2. The molecule has 6 saturated heterocycles. The zero-order valence-corrected chi connectivity index (χ0v) is 38.9. The van der Waals surface area contributed by atoms with E-state index in [2.05, 4.69) is 10.6 Å². The van der Waals surface area contributed by atoms with Crippen LogP contribution in [0.25, 0.3) is 0 Å². The van der Waals surface area contributed by atoms with Gasteiger partial charge in [-0.05, 0) is 0 Å². The van der Waals surface area contributed by atoms with Gasteiger partial charge in [0.15, 0.2) is 37.7 Å². The fourth-order valence-electron chi connectivity index (χ4n) is 9.33. The molecule has 6 fully saturated rings. The minimum atomic E-state index is -2.19. The number of nitrogens with one attached hydrogen (secondary N) is 2. The van der Waals surface area contributed by atoms with Gasteiger partial charge >= 0.3 is 0 Å². The van der Waals surface area contributed by atoms with E-state index in [0.717, 1.165) is 13.8 Å². The molecule has 0 unspecified atom stereocenters. The van der Waals surface area contributed by atoms with Gasteiger partial charge in [0.25, 0.3) is 0 Å². The summed E-state index contributed by atoms with van der Waals surface area (Å²) in [4.78, 5) is 24.2. The summed E-state index contributed by atoms with van der Waals surface area (Å²) in [6, 6.07) is -3.16. The molecule has 6 heterocycles. The zero-order chi connectivity index (χ0) is 53.9. The summed E-state index contributed by atoms with van der Waals surface area (Å²) in [5.41, 5.74) is 0. The second-order valence-corrected chi connectivity index (χ2v) is 18.2. The quantitative estimate of drug-likeness (QED) is 0.0606. The predicted molar refractivity (Wildman–Crippen MR) is 222 cm³/mol. The van der Waals surface area contributed by atoms with Gasteiger partial charge in [-0.25, -0.2) is 0 Å². The topological polar surface area (TPSA) is 524 Å². The third-order valence-corrected chi connectivity index (χ3v) is 13.2. The van der Waals surface area contributed by atoms with Crippen LogP contribution in [0.3, 0.4) is 0 Å². The van der Waals surface area contributed by atoms with Crippen molar-refractivity contribution < 1.29 is 154 Å². The van der Waals surface area contributed by atoms with Crippen LogP contribution in [-0.4, -0.2) is 327 Å². The molecule has 30 atom stereocenters. The monoisotopic (exact) mass is 1070 g/mol. The number of rotatable bonds is 18. The maximum absolute atomic E-state index is 12.4. The van der Waals surface area contributed by atoms with Gasteiger partial charge in [-0.15, -0.1) is 0 Å². The first-order valence-corrected chi connectivity index (χ1v) is 23.1. The summed E-state index contributed by atoms with van der Waals surface area (Å²) in [6.45, 7) is -3.60. The van der Waals surface area contributed by atoms with Crippen LogP contribution in [0.15, 0.2) is 0 Å². The number of hydrogen-bond acceptors (Lipinski definition) is 31. The van der Waals surface area contributed by atoms with Crippen LogP contribution in [0, 0.1) is 0 Å². The largest absolute Gasteiger partial charge is 0.394 e. The Morgan fingerprint density at radius 2 is 0.589 bits per heavy atom. The Balaban J connectivity index is 1.10. The van der Waals surface area contributed by atoms with Crippen molar-refractivity contribution in [2.45, 2.75) is 198 Å². The van der Waals surface area contributed by atoms with Gasteiger partial charge in [-0.1, -0.05) is 0 Å². The zero-order valence-electron chi connectivity index (χ0n) is 38.9. The number of amides is 2. The Hall–Kier alpha value is -2.22. The molecule has 424 valence electrons. The standard InChI is InChI=1S/C40H68N2O31/c1-9(49)41-17-20(52)30(12(4-44)63-35(17)62)69-36-18(42-10(2)50)21(53)31(13(5-45)65-36)70-38-27(59)23(55)33(15(7-47)66-38)72-40-29(61)25(57)34(16(8-48)68-40)73-39-28(60)24(56)32(14(6-46)67-39)71-37-26(58)22(54)19(51)11(3-43)64-37/h11-40,43-48,51-62H,3-8H2,1-2H3,(H,41,49)(H,42,50)/t11-,12-,13-,14-,15-,16-,17-,18-,19-,20-,21-,22+,23-,24-,25-,26+,27-,28+,29-,30-,31-,32-,33-,34-,35-,36+,37-,38+,39-,40+/m1/s1. The molecular formula is C40H68N2O31. The Morgan fingerprint density at radius 1 is 0.329 bits per heavy atom. The lowest BCUT2D eigenvalue weighted by Crippen LogP contribution is -2.70. The molecule has 0 spiro atoms. The van der Waals surface area contributed by atoms with Gasteiger partial charge in [0.1, 0.15) is 146 Å². The van der Waals surface area contributed by atoms with Gasteiger partial charge in [-0.2, -0.15) is 0 Å². The molecule has 0 aliphatic carbocycles. The highest BCUT2D eigenvalue weighted by Crippen LogP contribution is 2.37. The van der Waals surface area contributed by atoms with Crippen LogP contribution in [-0.2, 0) is 61.7 Å². The first-order valence-electron chi connectivity index (χ1n) is 23.1. The Bertz CT molecular complexity index is 1740. The predicted octanol–water partition coefficient (Wildman–Crippen LogP) is -13.8. The van der Waals surface area contributed by atoms with Crippen LogP contribution in [0.5, 0.6) is 0 Å². The smallest absolute Gasteiger partial charge is 0.217 e. The van der Waals surface area contributed by atoms with Gasteiger partial charge in [0.05, 0.1) is 39.6 Å². The lowest BCUT2D eigenvalue weighted by atomic mass is 9.94. The van der Waals surface area contributed by atoms with Gasteiger partial charge < -0.3 is 155 Å². The maximum Gasteiger partial charge on any atom is 0.217 e.